The quantitative estimate of drug-likeness (QED) is 0.546. The van der Waals surface area contributed by atoms with Gasteiger partial charge in [-0.3, -0.25) is 4.79 Å². The molecule has 34 heavy (non-hydrogen) atoms. The van der Waals surface area contributed by atoms with Crippen molar-refractivity contribution in [3.05, 3.63) is 87.3 Å². The van der Waals surface area contributed by atoms with Crippen molar-refractivity contribution in [2.45, 2.75) is 40.2 Å². The van der Waals surface area contributed by atoms with E-state index in [4.69, 9.17) is 4.74 Å². The Morgan fingerprint density at radius 3 is 2.53 bits per heavy atom. The third kappa shape index (κ3) is 4.77. The lowest BCUT2D eigenvalue weighted by atomic mass is 9.93. The summed E-state index contributed by atoms with van der Waals surface area (Å²) in [5.41, 5.74) is 4.51. The molecule has 1 amide bonds. The third-order valence-corrected chi connectivity index (χ3v) is 6.43. The molecular weight excluding hydrogens is 453 g/mol. The number of allylic oxidation sites excluding steroid dienone is 1. The van der Waals surface area contributed by atoms with E-state index in [1.165, 1.54) is 17.8 Å². The van der Waals surface area contributed by atoms with Gasteiger partial charge in [0.1, 0.15) is 5.82 Å². The molecule has 0 aromatic heterocycles. The normalized spacial score (nSPS) is 17.2. The van der Waals surface area contributed by atoms with Gasteiger partial charge in [0.15, 0.2) is 5.17 Å². The molecule has 2 aliphatic heterocycles. The number of halogens is 1. The van der Waals surface area contributed by atoms with E-state index in [1.807, 2.05) is 37.5 Å². The highest BCUT2D eigenvalue weighted by atomic mass is 32.2. The van der Waals surface area contributed by atoms with Gasteiger partial charge in [0, 0.05) is 16.9 Å². The lowest BCUT2D eigenvalue weighted by Crippen LogP contribution is -2.38. The first kappa shape index (κ1) is 23.8. The Kier molecular flexibility index (Phi) is 6.88. The predicted molar refractivity (Wildman–Crippen MR) is 133 cm³/mol. The Labute approximate surface area is 202 Å². The molecule has 0 saturated heterocycles. The van der Waals surface area contributed by atoms with Crippen molar-refractivity contribution in [1.82, 2.24) is 4.90 Å². The number of thioether (sulfide) groups is 1. The number of amides is 1. The van der Waals surface area contributed by atoms with Crippen LogP contribution in [0.4, 0.5) is 10.1 Å². The Balaban J connectivity index is 1.67. The average Bonchev–Trinajstić information content (AvgIpc) is 3.14. The van der Waals surface area contributed by atoms with Crippen molar-refractivity contribution in [2.75, 3.05) is 11.9 Å². The fourth-order valence-electron chi connectivity index (χ4n) is 4.25. The maximum Gasteiger partial charge on any atom is 0.338 e. The fourth-order valence-corrected chi connectivity index (χ4v) is 5.21. The number of benzene rings is 2. The van der Waals surface area contributed by atoms with Crippen LogP contribution in [0, 0.1) is 19.7 Å². The van der Waals surface area contributed by atoms with E-state index in [9.17, 15) is 14.0 Å². The number of rotatable bonds is 6. The highest BCUT2D eigenvalue weighted by Crippen LogP contribution is 2.45. The van der Waals surface area contributed by atoms with Gasteiger partial charge < -0.3 is 15.0 Å². The van der Waals surface area contributed by atoms with Crippen LogP contribution in [0.1, 0.15) is 43.0 Å². The Morgan fingerprint density at radius 2 is 1.85 bits per heavy atom. The molecule has 0 saturated carbocycles. The zero-order valence-corrected chi connectivity index (χ0v) is 20.3. The van der Waals surface area contributed by atoms with Crippen LogP contribution in [-0.4, -0.2) is 28.6 Å². The van der Waals surface area contributed by atoms with Crippen molar-refractivity contribution >= 4 is 34.5 Å². The molecule has 176 valence electrons. The molecule has 0 spiro atoms. The number of ether oxygens (including phenoxy) is 1. The summed E-state index contributed by atoms with van der Waals surface area (Å²) in [6.07, 6.45) is 0.0408. The molecule has 2 aromatic carbocycles. The van der Waals surface area contributed by atoms with Gasteiger partial charge in [0.2, 0.25) is 5.91 Å². The summed E-state index contributed by atoms with van der Waals surface area (Å²) in [5, 5.41) is 5.36. The highest BCUT2D eigenvalue weighted by molar-refractivity contribution is 8.16. The zero-order valence-electron chi connectivity index (χ0n) is 19.5. The van der Waals surface area contributed by atoms with Crippen molar-refractivity contribution in [2.24, 2.45) is 4.99 Å². The van der Waals surface area contributed by atoms with E-state index in [-0.39, 0.29) is 24.5 Å². The number of fused-ring (bicyclic) bond motifs is 1. The van der Waals surface area contributed by atoms with Crippen LogP contribution in [0.25, 0.3) is 0 Å². The minimum atomic E-state index is -0.789. The molecule has 1 N–H and O–H groups in total. The number of nitrogens with zero attached hydrogens (tertiary/aromatic N) is 2. The largest absolute Gasteiger partial charge is 0.463 e. The van der Waals surface area contributed by atoms with Crippen molar-refractivity contribution in [1.29, 1.82) is 0 Å². The maximum atomic E-state index is 15.0. The molecule has 2 aliphatic rings. The average molecular weight is 480 g/mol. The smallest absolute Gasteiger partial charge is 0.338 e. The van der Waals surface area contributed by atoms with Crippen molar-refractivity contribution in [3.63, 3.8) is 0 Å². The van der Waals surface area contributed by atoms with Crippen LogP contribution in [0.15, 0.2) is 69.8 Å². The van der Waals surface area contributed by atoms with Crippen molar-refractivity contribution in [3.8, 4) is 0 Å². The van der Waals surface area contributed by atoms with Crippen LogP contribution in [-0.2, 0) is 14.3 Å². The molecule has 1 atom stereocenters. The molecule has 1 unspecified atom stereocenters. The van der Waals surface area contributed by atoms with Crippen LogP contribution < -0.4 is 5.32 Å². The summed E-state index contributed by atoms with van der Waals surface area (Å²) in [4.78, 5) is 32.2. The van der Waals surface area contributed by atoms with E-state index >= 15 is 0 Å². The number of carbonyl (C=O) groups excluding carboxylic acids is 2. The van der Waals surface area contributed by atoms with E-state index in [2.05, 4.69) is 10.3 Å². The molecular formula is C26H26FN3O3S. The molecule has 6 nitrogen and oxygen atoms in total. The second-order valence-corrected chi connectivity index (χ2v) is 9.07. The maximum absolute atomic E-state index is 15.0. The summed E-state index contributed by atoms with van der Waals surface area (Å²) in [6, 6.07) is 11.4. The van der Waals surface area contributed by atoms with Crippen LogP contribution in [0.2, 0.25) is 0 Å². The van der Waals surface area contributed by atoms with E-state index in [0.29, 0.717) is 22.1 Å². The molecule has 2 heterocycles. The first-order chi connectivity index (χ1) is 16.3. The topological polar surface area (TPSA) is 71.0 Å². The Hall–Kier alpha value is -3.39. The standard InChI is InChI=1S/C26H26FN3O3S/c1-5-33-25(32)23-17(4)28-26-30(24(23)20-8-6-7-9-21(20)27)19(14-34-26)13-22(31)29-18-11-15(2)10-16(3)12-18/h6-12,14,24H,5,13H2,1-4H3,(H,29,31). The molecule has 0 bridgehead atoms. The first-order valence-corrected chi connectivity index (χ1v) is 11.9. The number of hydrogen-bond donors (Lipinski definition) is 1. The van der Waals surface area contributed by atoms with Gasteiger partial charge in [-0.1, -0.05) is 36.0 Å². The van der Waals surface area contributed by atoms with Gasteiger partial charge >= 0.3 is 5.97 Å². The fraction of sp³-hybridized carbons (Fsp3) is 0.269. The Bertz CT molecular complexity index is 1230. The second-order valence-electron chi connectivity index (χ2n) is 8.24. The van der Waals surface area contributed by atoms with Crippen molar-refractivity contribution < 1.29 is 18.7 Å². The number of aliphatic imine (C=N–C) groups is 1. The van der Waals surface area contributed by atoms with Gasteiger partial charge in [0.25, 0.3) is 0 Å². The second kappa shape index (κ2) is 9.85. The van der Waals surface area contributed by atoms with Crippen LogP contribution >= 0.6 is 11.8 Å². The van der Waals surface area contributed by atoms with Gasteiger partial charge in [-0.25, -0.2) is 14.2 Å². The Morgan fingerprint density at radius 1 is 1.15 bits per heavy atom. The van der Waals surface area contributed by atoms with E-state index < -0.39 is 17.8 Å². The number of anilines is 1. The van der Waals surface area contributed by atoms with Gasteiger partial charge in [0.05, 0.1) is 30.3 Å². The lowest BCUT2D eigenvalue weighted by Gasteiger charge is -2.36. The minimum absolute atomic E-state index is 0.0408. The van der Waals surface area contributed by atoms with Gasteiger partial charge in [-0.05, 0) is 62.4 Å². The molecule has 0 fully saturated rings. The minimum Gasteiger partial charge on any atom is -0.463 e. The number of esters is 1. The molecule has 0 radical (unpaired) electrons. The van der Waals surface area contributed by atoms with Gasteiger partial charge in [-0.2, -0.15) is 0 Å². The van der Waals surface area contributed by atoms with Crippen LogP contribution in [0.5, 0.6) is 0 Å². The zero-order chi connectivity index (χ0) is 24.4. The molecule has 2 aromatic rings. The predicted octanol–water partition coefficient (Wildman–Crippen LogP) is 5.61. The number of aryl methyl sites for hydroxylation is 2. The summed E-state index contributed by atoms with van der Waals surface area (Å²) >= 11 is 1.35. The van der Waals surface area contributed by atoms with Gasteiger partial charge in [-0.15, -0.1) is 0 Å². The number of carbonyl (C=O) groups is 2. The summed E-state index contributed by atoms with van der Waals surface area (Å²) < 4.78 is 20.3. The monoisotopic (exact) mass is 479 g/mol. The summed E-state index contributed by atoms with van der Waals surface area (Å²) in [7, 11) is 0. The molecule has 0 aliphatic carbocycles. The SMILES string of the molecule is CCOC(=O)C1=C(C)N=C2SC=C(CC(=O)Nc3cc(C)cc(C)c3)N2C1c1ccccc1F. The third-order valence-electron chi connectivity index (χ3n) is 5.54. The van der Waals surface area contributed by atoms with E-state index in [0.717, 1.165) is 16.8 Å². The summed E-state index contributed by atoms with van der Waals surface area (Å²) in [6.45, 7) is 7.57. The molecule has 8 heteroatoms. The summed E-state index contributed by atoms with van der Waals surface area (Å²) in [5.74, 6) is -1.21. The number of amidine groups is 1. The first-order valence-electron chi connectivity index (χ1n) is 11.0. The van der Waals surface area contributed by atoms with E-state index in [1.54, 1.807) is 36.9 Å². The van der Waals surface area contributed by atoms with Crippen LogP contribution in [0.3, 0.4) is 0 Å². The number of nitrogens with one attached hydrogen (secondary N) is 1. The highest BCUT2D eigenvalue weighted by Gasteiger charge is 2.42. The number of hydrogen-bond acceptors (Lipinski definition) is 6. The molecule has 4 rings (SSSR count). The lowest BCUT2D eigenvalue weighted by molar-refractivity contribution is -0.139.